The van der Waals surface area contributed by atoms with Gasteiger partial charge in [-0.15, -0.1) is 0 Å². The Morgan fingerprint density at radius 3 is 2.32 bits per heavy atom. The number of rotatable bonds is 3. The molecule has 1 aromatic carbocycles. The molecule has 1 aromatic rings. The van der Waals surface area contributed by atoms with Crippen LogP contribution in [-0.2, 0) is 4.79 Å². The number of phenols is 1. The summed E-state index contributed by atoms with van der Waals surface area (Å²) in [6.45, 7) is 2.14. The summed E-state index contributed by atoms with van der Waals surface area (Å²) in [5, 5.41) is 9.95. The molecular formula is C16H20N2O4. The predicted octanol–water partition coefficient (Wildman–Crippen LogP) is 1.10. The molecule has 6 nitrogen and oxygen atoms in total. The number of hydrogen-bond donors (Lipinski definition) is 1. The first-order chi connectivity index (χ1) is 10.6. The summed E-state index contributed by atoms with van der Waals surface area (Å²) in [4.78, 5) is 28.0. The molecular weight excluding hydrogens is 284 g/mol. The topological polar surface area (TPSA) is 70.1 Å². The van der Waals surface area contributed by atoms with Crippen molar-refractivity contribution in [1.82, 2.24) is 9.80 Å². The number of amides is 2. The van der Waals surface area contributed by atoms with Crippen LogP contribution in [-0.4, -0.2) is 60.0 Å². The van der Waals surface area contributed by atoms with E-state index in [1.165, 1.54) is 13.2 Å². The molecule has 1 aliphatic carbocycles. The molecule has 0 unspecified atom stereocenters. The second-order valence-electron chi connectivity index (χ2n) is 5.77. The number of hydrogen-bond acceptors (Lipinski definition) is 4. The predicted molar refractivity (Wildman–Crippen MR) is 79.9 cm³/mol. The summed E-state index contributed by atoms with van der Waals surface area (Å²) < 4.78 is 5.01. The minimum atomic E-state index is -0.210. The summed E-state index contributed by atoms with van der Waals surface area (Å²) in [5.41, 5.74) is 0.266. The number of piperazine rings is 1. The Balaban J connectivity index is 1.63. The fourth-order valence-electron chi connectivity index (χ4n) is 2.71. The number of carbonyl (C=O) groups excluding carboxylic acids is 2. The summed E-state index contributed by atoms with van der Waals surface area (Å²) in [5.74, 6) is 0.653. The Hall–Kier alpha value is -2.24. The van der Waals surface area contributed by atoms with Gasteiger partial charge in [-0.25, -0.2) is 0 Å². The lowest BCUT2D eigenvalue weighted by molar-refractivity contribution is -0.134. The molecule has 1 saturated carbocycles. The van der Waals surface area contributed by atoms with Gasteiger partial charge in [0.2, 0.25) is 5.91 Å². The Labute approximate surface area is 129 Å². The largest absolute Gasteiger partial charge is 0.507 e. The molecule has 0 aromatic heterocycles. The summed E-state index contributed by atoms with van der Waals surface area (Å²) in [6, 6.07) is 4.65. The third-order valence-corrected chi connectivity index (χ3v) is 4.24. The summed E-state index contributed by atoms with van der Waals surface area (Å²) in [6.07, 6.45) is 2.00. The average molecular weight is 304 g/mol. The van der Waals surface area contributed by atoms with Crippen molar-refractivity contribution in [2.75, 3.05) is 33.3 Å². The Morgan fingerprint density at radius 1 is 1.14 bits per heavy atom. The zero-order valence-electron chi connectivity index (χ0n) is 12.6. The molecule has 118 valence electrons. The average Bonchev–Trinajstić information content (AvgIpc) is 3.38. The van der Waals surface area contributed by atoms with Crippen molar-refractivity contribution in [3.63, 3.8) is 0 Å². The molecule has 3 rings (SSSR count). The molecule has 0 spiro atoms. The van der Waals surface area contributed by atoms with Crippen molar-refractivity contribution in [2.24, 2.45) is 5.92 Å². The van der Waals surface area contributed by atoms with Gasteiger partial charge in [-0.1, -0.05) is 0 Å². The smallest absolute Gasteiger partial charge is 0.257 e. The molecule has 2 amide bonds. The van der Waals surface area contributed by atoms with E-state index in [1.807, 2.05) is 4.90 Å². The molecule has 0 atom stereocenters. The molecule has 22 heavy (non-hydrogen) atoms. The van der Waals surface area contributed by atoms with Crippen LogP contribution in [0.4, 0.5) is 0 Å². The van der Waals surface area contributed by atoms with Crippen molar-refractivity contribution < 1.29 is 19.4 Å². The number of carbonyl (C=O) groups is 2. The molecule has 6 heteroatoms. The van der Waals surface area contributed by atoms with Crippen LogP contribution in [0.25, 0.3) is 0 Å². The SMILES string of the molecule is COc1ccc(C(=O)N2CCN(C(=O)C3CC3)CC2)c(O)c1. The van der Waals surface area contributed by atoms with E-state index in [9.17, 15) is 14.7 Å². The summed E-state index contributed by atoms with van der Waals surface area (Å²) in [7, 11) is 1.51. The van der Waals surface area contributed by atoms with Crippen LogP contribution >= 0.6 is 0 Å². The van der Waals surface area contributed by atoms with E-state index in [0.717, 1.165) is 12.8 Å². The van der Waals surface area contributed by atoms with E-state index < -0.39 is 0 Å². The molecule has 2 aliphatic rings. The first kappa shape index (κ1) is 14.7. The molecule has 1 saturated heterocycles. The number of phenolic OH excluding ortho intramolecular Hbond substituents is 1. The van der Waals surface area contributed by atoms with Crippen molar-refractivity contribution in [2.45, 2.75) is 12.8 Å². The van der Waals surface area contributed by atoms with Gasteiger partial charge >= 0.3 is 0 Å². The van der Waals surface area contributed by atoms with E-state index in [4.69, 9.17) is 4.74 Å². The van der Waals surface area contributed by atoms with Crippen LogP contribution in [0.3, 0.4) is 0 Å². The highest BCUT2D eigenvalue weighted by Gasteiger charge is 2.35. The minimum Gasteiger partial charge on any atom is -0.507 e. The number of aromatic hydroxyl groups is 1. The second-order valence-corrected chi connectivity index (χ2v) is 5.77. The fraction of sp³-hybridized carbons (Fsp3) is 0.500. The standard InChI is InChI=1S/C16H20N2O4/c1-22-12-4-5-13(14(19)10-12)16(21)18-8-6-17(7-9-18)15(20)11-2-3-11/h4-5,10-11,19H,2-3,6-9H2,1H3. The first-order valence-corrected chi connectivity index (χ1v) is 7.55. The zero-order chi connectivity index (χ0) is 15.7. The van der Waals surface area contributed by atoms with Gasteiger partial charge in [-0.05, 0) is 25.0 Å². The lowest BCUT2D eigenvalue weighted by Crippen LogP contribution is -2.51. The van der Waals surface area contributed by atoms with Gasteiger partial charge in [-0.2, -0.15) is 0 Å². The van der Waals surface area contributed by atoms with Gasteiger partial charge in [0.05, 0.1) is 12.7 Å². The Morgan fingerprint density at radius 2 is 1.77 bits per heavy atom. The lowest BCUT2D eigenvalue weighted by atomic mass is 10.1. The molecule has 1 aliphatic heterocycles. The minimum absolute atomic E-state index is 0.0826. The monoisotopic (exact) mass is 304 g/mol. The van der Waals surface area contributed by atoms with Crippen molar-refractivity contribution in [3.8, 4) is 11.5 Å². The van der Waals surface area contributed by atoms with Crippen LogP contribution in [0.1, 0.15) is 23.2 Å². The van der Waals surface area contributed by atoms with Gasteiger partial charge in [0.1, 0.15) is 11.5 Å². The van der Waals surface area contributed by atoms with E-state index in [2.05, 4.69) is 0 Å². The highest BCUT2D eigenvalue weighted by molar-refractivity contribution is 5.97. The lowest BCUT2D eigenvalue weighted by Gasteiger charge is -2.35. The maximum atomic E-state index is 12.5. The van der Waals surface area contributed by atoms with Crippen molar-refractivity contribution in [1.29, 1.82) is 0 Å². The zero-order valence-corrected chi connectivity index (χ0v) is 12.6. The van der Waals surface area contributed by atoms with Gasteiger partial charge < -0.3 is 19.6 Å². The number of ether oxygens (including phenoxy) is 1. The van der Waals surface area contributed by atoms with Crippen LogP contribution in [0.15, 0.2) is 18.2 Å². The molecule has 1 N–H and O–H groups in total. The first-order valence-electron chi connectivity index (χ1n) is 7.55. The highest BCUT2D eigenvalue weighted by Crippen LogP contribution is 2.31. The van der Waals surface area contributed by atoms with Crippen LogP contribution < -0.4 is 4.74 Å². The van der Waals surface area contributed by atoms with Gasteiger partial charge in [0.25, 0.3) is 5.91 Å². The van der Waals surface area contributed by atoms with E-state index in [1.54, 1.807) is 17.0 Å². The third kappa shape index (κ3) is 2.86. The number of nitrogens with zero attached hydrogens (tertiary/aromatic N) is 2. The van der Waals surface area contributed by atoms with E-state index >= 15 is 0 Å². The van der Waals surface area contributed by atoms with E-state index in [-0.39, 0.29) is 29.0 Å². The molecule has 1 heterocycles. The second kappa shape index (κ2) is 5.87. The van der Waals surface area contributed by atoms with Gasteiger partial charge in [-0.3, -0.25) is 9.59 Å². The number of benzene rings is 1. The number of methoxy groups -OCH3 is 1. The normalized spacial score (nSPS) is 18.2. The van der Waals surface area contributed by atoms with Crippen LogP contribution in [0.2, 0.25) is 0 Å². The van der Waals surface area contributed by atoms with Gasteiger partial charge in [0.15, 0.2) is 0 Å². The Bertz CT molecular complexity index is 590. The highest BCUT2D eigenvalue weighted by atomic mass is 16.5. The van der Waals surface area contributed by atoms with Crippen molar-refractivity contribution >= 4 is 11.8 Å². The quantitative estimate of drug-likeness (QED) is 0.907. The molecule has 0 bridgehead atoms. The maximum Gasteiger partial charge on any atom is 0.257 e. The fourth-order valence-corrected chi connectivity index (χ4v) is 2.71. The third-order valence-electron chi connectivity index (χ3n) is 4.24. The summed E-state index contributed by atoms with van der Waals surface area (Å²) >= 11 is 0. The maximum absolute atomic E-state index is 12.5. The molecule has 0 radical (unpaired) electrons. The van der Waals surface area contributed by atoms with Crippen LogP contribution in [0.5, 0.6) is 11.5 Å². The Kier molecular flexibility index (Phi) is 3.92. The van der Waals surface area contributed by atoms with Gasteiger partial charge in [0, 0.05) is 38.2 Å². The van der Waals surface area contributed by atoms with Crippen molar-refractivity contribution in [3.05, 3.63) is 23.8 Å². The van der Waals surface area contributed by atoms with E-state index in [0.29, 0.717) is 31.9 Å². The van der Waals surface area contributed by atoms with Crippen LogP contribution in [0, 0.1) is 5.92 Å². The molecule has 2 fully saturated rings.